The van der Waals surface area contributed by atoms with Gasteiger partial charge in [-0.2, -0.15) is 0 Å². The topological polar surface area (TPSA) is 40.5 Å². The first kappa shape index (κ1) is 6.92. The van der Waals surface area contributed by atoms with E-state index in [0.29, 0.717) is 12.8 Å². The minimum absolute atomic E-state index is 0.562. The van der Waals surface area contributed by atoms with E-state index in [1.54, 1.807) is 0 Å². The van der Waals surface area contributed by atoms with Gasteiger partial charge in [-0.15, -0.1) is 0 Å². The smallest absolute Gasteiger partial charge is 0.162 e. The van der Waals surface area contributed by atoms with Crippen molar-refractivity contribution in [3.8, 4) is 0 Å². The minimum atomic E-state index is -1.25. The van der Waals surface area contributed by atoms with E-state index >= 15 is 0 Å². The molecular formula is C5H12O2. The van der Waals surface area contributed by atoms with Gasteiger partial charge in [-0.3, -0.25) is 0 Å². The highest BCUT2D eigenvalue weighted by Gasteiger charge is 2.37. The summed E-state index contributed by atoms with van der Waals surface area (Å²) in [7, 11) is 0. The molecule has 1 aliphatic carbocycles. The molecule has 2 nitrogen and oxygen atoms in total. The van der Waals surface area contributed by atoms with E-state index in [1.165, 1.54) is 0 Å². The lowest BCUT2D eigenvalue weighted by atomic mass is 10.7. The van der Waals surface area contributed by atoms with Crippen molar-refractivity contribution < 1.29 is 10.2 Å². The fourth-order valence-electron chi connectivity index (χ4n) is 0.112. The third-order valence-corrected chi connectivity index (χ3v) is 0.697. The molecule has 0 unspecified atom stereocenters. The lowest BCUT2D eigenvalue weighted by molar-refractivity contribution is -0.0676. The molecule has 0 aromatic carbocycles. The van der Waals surface area contributed by atoms with Crippen LogP contribution in [-0.4, -0.2) is 16.0 Å². The minimum Gasteiger partial charge on any atom is -0.366 e. The highest BCUT2D eigenvalue weighted by molar-refractivity contribution is 4.79. The number of hydrogen-bond acceptors (Lipinski definition) is 2. The maximum Gasteiger partial charge on any atom is 0.162 e. The van der Waals surface area contributed by atoms with Crippen LogP contribution in [0.4, 0.5) is 0 Å². The normalized spacial score (nSPS) is 22.3. The molecule has 7 heavy (non-hydrogen) atoms. The second kappa shape index (κ2) is 2.28. The standard InChI is InChI=1S/C3H6O2.C2H6/c4-3(5)1-2-3;1-2/h4-5H,1-2H2;1-2H3. The lowest BCUT2D eigenvalue weighted by Gasteiger charge is -1.87. The second-order valence-electron chi connectivity index (χ2n) is 1.48. The van der Waals surface area contributed by atoms with E-state index < -0.39 is 5.79 Å². The molecule has 2 heteroatoms. The summed E-state index contributed by atoms with van der Waals surface area (Å²) >= 11 is 0. The van der Waals surface area contributed by atoms with Crippen LogP contribution in [0.5, 0.6) is 0 Å². The van der Waals surface area contributed by atoms with Gasteiger partial charge in [0.05, 0.1) is 0 Å². The third kappa shape index (κ3) is 3.76. The molecule has 1 rings (SSSR count). The van der Waals surface area contributed by atoms with Crippen molar-refractivity contribution >= 4 is 0 Å². The van der Waals surface area contributed by atoms with Gasteiger partial charge in [0.25, 0.3) is 0 Å². The zero-order valence-corrected chi connectivity index (χ0v) is 4.81. The van der Waals surface area contributed by atoms with E-state index in [4.69, 9.17) is 10.2 Å². The van der Waals surface area contributed by atoms with Crippen LogP contribution in [0.25, 0.3) is 0 Å². The summed E-state index contributed by atoms with van der Waals surface area (Å²) in [6.07, 6.45) is 1.12. The van der Waals surface area contributed by atoms with Crippen molar-refractivity contribution in [3.05, 3.63) is 0 Å². The van der Waals surface area contributed by atoms with Crippen molar-refractivity contribution in [2.24, 2.45) is 0 Å². The molecule has 1 aliphatic rings. The van der Waals surface area contributed by atoms with Gasteiger partial charge in [0.2, 0.25) is 0 Å². The average molecular weight is 104 g/mol. The Hall–Kier alpha value is -0.0800. The molecule has 0 spiro atoms. The zero-order chi connectivity index (χ0) is 5.91. The first-order valence-corrected chi connectivity index (χ1v) is 2.65. The van der Waals surface area contributed by atoms with E-state index in [1.807, 2.05) is 13.8 Å². The Labute approximate surface area is 43.8 Å². The molecule has 0 heterocycles. The van der Waals surface area contributed by atoms with Crippen molar-refractivity contribution in [2.75, 3.05) is 0 Å². The van der Waals surface area contributed by atoms with Crippen LogP contribution < -0.4 is 0 Å². The van der Waals surface area contributed by atoms with Gasteiger partial charge < -0.3 is 10.2 Å². The van der Waals surface area contributed by atoms with Gasteiger partial charge in [-0.1, -0.05) is 13.8 Å². The molecule has 0 radical (unpaired) electrons. The molecule has 44 valence electrons. The lowest BCUT2D eigenvalue weighted by Crippen LogP contribution is -2.00. The maximum atomic E-state index is 8.19. The molecule has 0 atom stereocenters. The van der Waals surface area contributed by atoms with Crippen LogP contribution >= 0.6 is 0 Å². The highest BCUT2D eigenvalue weighted by atomic mass is 16.5. The summed E-state index contributed by atoms with van der Waals surface area (Å²) in [6.45, 7) is 4.00. The molecule has 0 aromatic rings. The average Bonchev–Trinajstić information content (AvgIpc) is 2.26. The second-order valence-corrected chi connectivity index (χ2v) is 1.48. The fourth-order valence-corrected chi connectivity index (χ4v) is 0.112. The zero-order valence-electron chi connectivity index (χ0n) is 4.81. The quantitative estimate of drug-likeness (QED) is 0.439. The Morgan fingerprint density at radius 2 is 1.29 bits per heavy atom. The summed E-state index contributed by atoms with van der Waals surface area (Å²) in [5, 5.41) is 16.4. The predicted octanol–water partition coefficient (Wildman–Crippen LogP) is 0.487. The van der Waals surface area contributed by atoms with Gasteiger partial charge in [0.15, 0.2) is 5.79 Å². The molecule has 0 saturated heterocycles. The van der Waals surface area contributed by atoms with Gasteiger partial charge in [-0.25, -0.2) is 0 Å². The molecule has 1 fully saturated rings. The molecule has 0 aliphatic heterocycles. The Morgan fingerprint density at radius 3 is 1.29 bits per heavy atom. The van der Waals surface area contributed by atoms with E-state index in [9.17, 15) is 0 Å². The first-order chi connectivity index (χ1) is 3.21. The van der Waals surface area contributed by atoms with Crippen molar-refractivity contribution in [3.63, 3.8) is 0 Å². The van der Waals surface area contributed by atoms with Crippen molar-refractivity contribution in [1.82, 2.24) is 0 Å². The Morgan fingerprint density at radius 1 is 1.14 bits per heavy atom. The molecule has 0 bridgehead atoms. The number of aliphatic hydroxyl groups is 2. The molecule has 0 aromatic heterocycles. The van der Waals surface area contributed by atoms with Crippen LogP contribution in [0.1, 0.15) is 26.7 Å². The van der Waals surface area contributed by atoms with Gasteiger partial charge in [-0.05, 0) is 0 Å². The fraction of sp³-hybridized carbons (Fsp3) is 1.00. The van der Waals surface area contributed by atoms with Gasteiger partial charge >= 0.3 is 0 Å². The molecule has 2 N–H and O–H groups in total. The van der Waals surface area contributed by atoms with Gasteiger partial charge in [0.1, 0.15) is 0 Å². The number of hydrogen-bond donors (Lipinski definition) is 2. The summed E-state index contributed by atoms with van der Waals surface area (Å²) < 4.78 is 0. The highest BCUT2D eigenvalue weighted by Crippen LogP contribution is 2.30. The molecule has 0 amide bonds. The van der Waals surface area contributed by atoms with E-state index in [2.05, 4.69) is 0 Å². The molecule has 1 saturated carbocycles. The predicted molar refractivity (Wildman–Crippen MR) is 27.8 cm³/mol. The Balaban J connectivity index is 0.000000162. The monoisotopic (exact) mass is 104 g/mol. The molecular weight excluding hydrogens is 92.1 g/mol. The van der Waals surface area contributed by atoms with E-state index in [-0.39, 0.29) is 0 Å². The number of rotatable bonds is 0. The van der Waals surface area contributed by atoms with Crippen LogP contribution in [0.2, 0.25) is 0 Å². The Bertz CT molecular complexity index is 44.0. The SMILES string of the molecule is CC.OC1(O)CC1. The summed E-state index contributed by atoms with van der Waals surface area (Å²) in [4.78, 5) is 0. The summed E-state index contributed by atoms with van der Waals surface area (Å²) in [6, 6.07) is 0. The first-order valence-electron chi connectivity index (χ1n) is 2.65. The van der Waals surface area contributed by atoms with Crippen LogP contribution in [0, 0.1) is 0 Å². The Kier molecular flexibility index (Phi) is 2.26. The van der Waals surface area contributed by atoms with Crippen molar-refractivity contribution in [1.29, 1.82) is 0 Å². The van der Waals surface area contributed by atoms with Gasteiger partial charge in [0, 0.05) is 12.8 Å². The van der Waals surface area contributed by atoms with Crippen molar-refractivity contribution in [2.45, 2.75) is 32.5 Å². The summed E-state index contributed by atoms with van der Waals surface area (Å²) in [5.74, 6) is -1.25. The largest absolute Gasteiger partial charge is 0.366 e. The maximum absolute atomic E-state index is 8.19. The third-order valence-electron chi connectivity index (χ3n) is 0.697. The summed E-state index contributed by atoms with van der Waals surface area (Å²) in [5.41, 5.74) is 0. The van der Waals surface area contributed by atoms with E-state index in [0.717, 1.165) is 0 Å². The van der Waals surface area contributed by atoms with Crippen LogP contribution in [0.3, 0.4) is 0 Å². The van der Waals surface area contributed by atoms with Crippen LogP contribution in [0.15, 0.2) is 0 Å². The van der Waals surface area contributed by atoms with Crippen LogP contribution in [-0.2, 0) is 0 Å².